The van der Waals surface area contributed by atoms with E-state index >= 15 is 0 Å². The van der Waals surface area contributed by atoms with Gasteiger partial charge in [-0.05, 0) is 12.5 Å². The molecular formula is C21H22O5. The molecule has 0 fully saturated rings. The Bertz CT molecular complexity index is 752. The predicted molar refractivity (Wildman–Crippen MR) is 96.7 cm³/mol. The minimum Gasteiger partial charge on any atom is -0.468 e. The second kappa shape index (κ2) is 8.43. The summed E-state index contributed by atoms with van der Waals surface area (Å²) in [5, 5.41) is 0. The number of esters is 2. The second-order valence-electron chi connectivity index (χ2n) is 6.14. The lowest BCUT2D eigenvalue weighted by atomic mass is 9.70. The Kier molecular flexibility index (Phi) is 6.28. The molecule has 0 saturated heterocycles. The number of methoxy groups -OCH3 is 2. The van der Waals surface area contributed by atoms with Gasteiger partial charge in [-0.1, -0.05) is 60.7 Å². The van der Waals surface area contributed by atoms with Crippen molar-refractivity contribution in [1.82, 2.24) is 0 Å². The quantitative estimate of drug-likeness (QED) is 0.433. The molecule has 2 rings (SSSR count). The maximum absolute atomic E-state index is 12.8. The molecular weight excluding hydrogens is 332 g/mol. The van der Waals surface area contributed by atoms with Crippen LogP contribution < -0.4 is 0 Å². The number of rotatable bonds is 7. The Hall–Kier alpha value is -2.95. The van der Waals surface area contributed by atoms with Gasteiger partial charge in [-0.2, -0.15) is 0 Å². The van der Waals surface area contributed by atoms with Gasteiger partial charge >= 0.3 is 11.9 Å². The molecule has 136 valence electrons. The van der Waals surface area contributed by atoms with Crippen molar-refractivity contribution < 1.29 is 23.9 Å². The third kappa shape index (κ3) is 3.82. The number of carbonyl (C=O) groups is 3. The zero-order chi connectivity index (χ0) is 19.2. The average Bonchev–Trinajstić information content (AvgIpc) is 2.71. The molecule has 0 bridgehead atoms. The molecule has 0 amide bonds. The number of hydrogen-bond acceptors (Lipinski definition) is 5. The van der Waals surface area contributed by atoms with E-state index in [1.807, 2.05) is 12.1 Å². The third-order valence-electron chi connectivity index (χ3n) is 4.60. The van der Waals surface area contributed by atoms with Crippen LogP contribution in [0.15, 0.2) is 60.7 Å². The SMILES string of the molecule is COC(=O)C(C)(C(=O)OC)[C@H](CC(=O)c1ccccc1)c1ccccc1. The molecule has 2 aromatic rings. The normalized spacial score (nSPS) is 12.1. The highest BCUT2D eigenvalue weighted by Crippen LogP contribution is 2.41. The van der Waals surface area contributed by atoms with Crippen molar-refractivity contribution in [3.05, 3.63) is 71.8 Å². The molecule has 0 heterocycles. The topological polar surface area (TPSA) is 69.7 Å². The van der Waals surface area contributed by atoms with E-state index in [1.165, 1.54) is 21.1 Å². The van der Waals surface area contributed by atoms with Crippen LogP contribution in [0.2, 0.25) is 0 Å². The largest absolute Gasteiger partial charge is 0.468 e. The van der Waals surface area contributed by atoms with E-state index in [9.17, 15) is 14.4 Å². The summed E-state index contributed by atoms with van der Waals surface area (Å²) in [5.41, 5.74) is -0.435. The molecule has 0 saturated carbocycles. The molecule has 0 spiro atoms. The molecule has 0 N–H and O–H groups in total. The fourth-order valence-electron chi connectivity index (χ4n) is 3.06. The lowest BCUT2D eigenvalue weighted by Gasteiger charge is -2.32. The maximum atomic E-state index is 12.8. The zero-order valence-corrected chi connectivity index (χ0v) is 15.1. The molecule has 26 heavy (non-hydrogen) atoms. The first-order chi connectivity index (χ1) is 12.4. The summed E-state index contributed by atoms with van der Waals surface area (Å²) in [6.45, 7) is 1.46. The van der Waals surface area contributed by atoms with Crippen molar-refractivity contribution in [3.8, 4) is 0 Å². The lowest BCUT2D eigenvalue weighted by molar-refractivity contribution is -0.169. The first-order valence-electron chi connectivity index (χ1n) is 8.25. The summed E-state index contributed by atoms with van der Waals surface area (Å²) >= 11 is 0. The Labute approximate surface area is 152 Å². The van der Waals surface area contributed by atoms with Gasteiger partial charge in [0.15, 0.2) is 11.2 Å². The molecule has 5 heteroatoms. The number of ether oxygens (including phenoxy) is 2. The summed E-state index contributed by atoms with van der Waals surface area (Å²) in [5.74, 6) is -2.37. The monoisotopic (exact) mass is 354 g/mol. The van der Waals surface area contributed by atoms with E-state index in [-0.39, 0.29) is 12.2 Å². The first kappa shape index (κ1) is 19.4. The Morgan fingerprint density at radius 3 is 1.77 bits per heavy atom. The fraction of sp³-hybridized carbons (Fsp3) is 0.286. The van der Waals surface area contributed by atoms with Crippen LogP contribution in [-0.2, 0) is 19.1 Å². The van der Waals surface area contributed by atoms with E-state index in [2.05, 4.69) is 0 Å². The van der Waals surface area contributed by atoms with Gasteiger partial charge in [0.25, 0.3) is 0 Å². The smallest absolute Gasteiger partial charge is 0.323 e. The molecule has 1 atom stereocenters. The minimum atomic E-state index is -1.64. The van der Waals surface area contributed by atoms with Gasteiger partial charge in [0.1, 0.15) is 0 Å². The minimum absolute atomic E-state index is 0.0330. The highest BCUT2D eigenvalue weighted by atomic mass is 16.5. The standard InChI is InChI=1S/C21H22O5/c1-21(19(23)25-2,20(24)26-3)17(15-10-6-4-7-11-15)14-18(22)16-12-8-5-9-13-16/h4-13,17H,14H2,1-3H3/t17-/m1/s1. The summed E-state index contributed by atoms with van der Waals surface area (Å²) in [6.07, 6.45) is -0.0330. The molecule has 0 aliphatic heterocycles. The molecule has 0 aliphatic rings. The summed E-state index contributed by atoms with van der Waals surface area (Å²) in [7, 11) is 2.43. The van der Waals surface area contributed by atoms with Crippen LogP contribution in [0.3, 0.4) is 0 Å². The predicted octanol–water partition coefficient (Wildman–Crippen LogP) is 3.40. The molecule has 5 nitrogen and oxygen atoms in total. The highest BCUT2D eigenvalue weighted by Gasteiger charge is 2.51. The van der Waals surface area contributed by atoms with Crippen LogP contribution in [0.1, 0.15) is 35.2 Å². The zero-order valence-electron chi connectivity index (χ0n) is 15.1. The Morgan fingerprint density at radius 2 is 1.31 bits per heavy atom. The maximum Gasteiger partial charge on any atom is 0.323 e. The first-order valence-corrected chi connectivity index (χ1v) is 8.25. The van der Waals surface area contributed by atoms with Gasteiger partial charge in [-0.25, -0.2) is 0 Å². The molecule has 0 aliphatic carbocycles. The van der Waals surface area contributed by atoms with Crippen LogP contribution in [-0.4, -0.2) is 31.9 Å². The van der Waals surface area contributed by atoms with E-state index in [1.54, 1.807) is 48.5 Å². The van der Waals surface area contributed by atoms with Crippen LogP contribution in [0.25, 0.3) is 0 Å². The van der Waals surface area contributed by atoms with E-state index < -0.39 is 23.3 Å². The average molecular weight is 354 g/mol. The van der Waals surface area contributed by atoms with Crippen LogP contribution in [0.4, 0.5) is 0 Å². The van der Waals surface area contributed by atoms with Gasteiger partial charge in [0.05, 0.1) is 14.2 Å². The van der Waals surface area contributed by atoms with E-state index in [0.717, 1.165) is 0 Å². The molecule has 0 radical (unpaired) electrons. The van der Waals surface area contributed by atoms with E-state index in [4.69, 9.17) is 9.47 Å². The molecule has 0 unspecified atom stereocenters. The number of ketones is 1. The summed E-state index contributed by atoms with van der Waals surface area (Å²) in [6, 6.07) is 17.8. The van der Waals surface area contributed by atoms with Crippen molar-refractivity contribution in [3.63, 3.8) is 0 Å². The summed E-state index contributed by atoms with van der Waals surface area (Å²) in [4.78, 5) is 37.9. The number of hydrogen-bond donors (Lipinski definition) is 0. The molecule has 2 aromatic carbocycles. The van der Waals surface area contributed by atoms with Crippen molar-refractivity contribution >= 4 is 17.7 Å². The van der Waals surface area contributed by atoms with Crippen molar-refractivity contribution in [2.45, 2.75) is 19.3 Å². The second-order valence-corrected chi connectivity index (χ2v) is 6.14. The number of benzene rings is 2. The van der Waals surface area contributed by atoms with Crippen molar-refractivity contribution in [1.29, 1.82) is 0 Å². The van der Waals surface area contributed by atoms with E-state index in [0.29, 0.717) is 11.1 Å². The van der Waals surface area contributed by atoms with Gasteiger partial charge in [-0.3, -0.25) is 14.4 Å². The fourth-order valence-corrected chi connectivity index (χ4v) is 3.06. The Balaban J connectivity index is 2.51. The van der Waals surface area contributed by atoms with Gasteiger partial charge < -0.3 is 9.47 Å². The van der Waals surface area contributed by atoms with Crippen LogP contribution in [0.5, 0.6) is 0 Å². The lowest BCUT2D eigenvalue weighted by Crippen LogP contribution is -2.44. The van der Waals surface area contributed by atoms with Crippen LogP contribution >= 0.6 is 0 Å². The van der Waals surface area contributed by atoms with Gasteiger partial charge in [0, 0.05) is 17.9 Å². The Morgan fingerprint density at radius 1 is 0.846 bits per heavy atom. The molecule has 0 aromatic heterocycles. The van der Waals surface area contributed by atoms with Crippen molar-refractivity contribution in [2.24, 2.45) is 5.41 Å². The van der Waals surface area contributed by atoms with Gasteiger partial charge in [0.2, 0.25) is 0 Å². The number of Topliss-reactive ketones (excluding diaryl/α,β-unsaturated/α-hetero) is 1. The van der Waals surface area contributed by atoms with Crippen LogP contribution in [0, 0.1) is 5.41 Å². The highest BCUT2D eigenvalue weighted by molar-refractivity contribution is 6.03. The number of carbonyl (C=O) groups excluding carboxylic acids is 3. The van der Waals surface area contributed by atoms with Crippen molar-refractivity contribution in [2.75, 3.05) is 14.2 Å². The van der Waals surface area contributed by atoms with Gasteiger partial charge in [-0.15, -0.1) is 0 Å². The third-order valence-corrected chi connectivity index (χ3v) is 4.60. The summed E-state index contributed by atoms with van der Waals surface area (Å²) < 4.78 is 9.75.